The summed E-state index contributed by atoms with van der Waals surface area (Å²) in [5.74, 6) is 0.508. The van der Waals surface area contributed by atoms with Crippen LogP contribution in [0.4, 0.5) is 0 Å². The molecule has 19 heavy (non-hydrogen) atoms. The van der Waals surface area contributed by atoms with E-state index in [1.165, 1.54) is 22.0 Å². The van der Waals surface area contributed by atoms with Crippen molar-refractivity contribution in [3.63, 3.8) is 0 Å². The third-order valence-electron chi connectivity index (χ3n) is 3.38. The van der Waals surface area contributed by atoms with Gasteiger partial charge in [-0.1, -0.05) is 6.92 Å². The van der Waals surface area contributed by atoms with Crippen LogP contribution in [0.15, 0.2) is 5.38 Å². The minimum Gasteiger partial charge on any atom is -0.269 e. The number of nitrogens with zero attached hydrogens (tertiary/aromatic N) is 3. The topological polar surface area (TPSA) is 30.7 Å². The maximum atomic E-state index is 5.76. The largest absolute Gasteiger partial charge is 0.269 e. The van der Waals surface area contributed by atoms with Crippen molar-refractivity contribution in [1.82, 2.24) is 14.8 Å². The third-order valence-corrected chi connectivity index (χ3v) is 4.61. The quantitative estimate of drug-likeness (QED) is 0.757. The summed E-state index contributed by atoms with van der Waals surface area (Å²) >= 11 is 7.46. The van der Waals surface area contributed by atoms with Gasteiger partial charge < -0.3 is 0 Å². The molecule has 0 aliphatic heterocycles. The molecule has 3 nitrogen and oxygen atoms in total. The van der Waals surface area contributed by atoms with Gasteiger partial charge in [-0.3, -0.25) is 4.68 Å². The highest BCUT2D eigenvalue weighted by atomic mass is 35.5. The molecule has 104 valence electrons. The van der Waals surface area contributed by atoms with Crippen molar-refractivity contribution in [3.8, 4) is 0 Å². The van der Waals surface area contributed by atoms with Crippen LogP contribution >= 0.6 is 22.9 Å². The van der Waals surface area contributed by atoms with Crippen molar-refractivity contribution < 1.29 is 0 Å². The Bertz CT molecular complexity index is 545. The van der Waals surface area contributed by atoms with Crippen molar-refractivity contribution in [3.05, 3.63) is 33.0 Å². The van der Waals surface area contributed by atoms with E-state index in [1.54, 1.807) is 11.3 Å². The number of hydrogen-bond acceptors (Lipinski definition) is 3. The molecule has 0 N–H and O–H groups in total. The lowest BCUT2D eigenvalue weighted by molar-refractivity contribution is 0.561. The van der Waals surface area contributed by atoms with Gasteiger partial charge in [-0.2, -0.15) is 5.10 Å². The number of aryl methyl sites for hydroxylation is 3. The molecule has 0 fully saturated rings. The van der Waals surface area contributed by atoms with Gasteiger partial charge in [0, 0.05) is 24.0 Å². The van der Waals surface area contributed by atoms with Gasteiger partial charge in [-0.05, 0) is 32.3 Å². The van der Waals surface area contributed by atoms with Gasteiger partial charge in [0.2, 0.25) is 0 Å². The van der Waals surface area contributed by atoms with E-state index in [0.29, 0.717) is 5.88 Å². The summed E-state index contributed by atoms with van der Waals surface area (Å²) in [4.78, 5) is 4.48. The molecule has 0 saturated carbocycles. The average Bonchev–Trinajstić information content (AvgIpc) is 2.95. The van der Waals surface area contributed by atoms with E-state index < -0.39 is 0 Å². The highest BCUT2D eigenvalue weighted by molar-refractivity contribution is 7.09. The van der Waals surface area contributed by atoms with E-state index in [0.717, 1.165) is 31.5 Å². The normalized spacial score (nSPS) is 11.2. The van der Waals surface area contributed by atoms with Gasteiger partial charge in [0.05, 0.1) is 22.3 Å². The van der Waals surface area contributed by atoms with Gasteiger partial charge in [0.1, 0.15) is 0 Å². The Hall–Kier alpha value is -0.870. The summed E-state index contributed by atoms with van der Waals surface area (Å²) in [7, 11) is 0. The number of hydrogen-bond donors (Lipinski definition) is 0. The van der Waals surface area contributed by atoms with E-state index in [-0.39, 0.29) is 0 Å². The van der Waals surface area contributed by atoms with E-state index in [1.807, 2.05) is 5.38 Å². The van der Waals surface area contributed by atoms with E-state index >= 15 is 0 Å². The molecule has 0 amide bonds. The number of aromatic nitrogens is 3. The molecule has 0 unspecified atom stereocenters. The fraction of sp³-hybridized carbons (Fsp3) is 0.571. The lowest BCUT2D eigenvalue weighted by Crippen LogP contribution is -2.04. The maximum Gasteiger partial charge on any atom is 0.0929 e. The molecule has 0 saturated heterocycles. The summed E-state index contributed by atoms with van der Waals surface area (Å²) in [5.41, 5.74) is 4.85. The van der Waals surface area contributed by atoms with Crippen molar-refractivity contribution in [2.45, 2.75) is 52.5 Å². The SMILES string of the molecule is CCc1c(C)nn(CCCc2nc(CCl)cs2)c1C. The molecular weight excluding hydrogens is 278 g/mol. The fourth-order valence-electron chi connectivity index (χ4n) is 2.37. The first kappa shape index (κ1) is 14.5. The lowest BCUT2D eigenvalue weighted by atomic mass is 10.1. The lowest BCUT2D eigenvalue weighted by Gasteiger charge is -2.04. The second-order valence-corrected chi connectivity index (χ2v) is 5.91. The maximum absolute atomic E-state index is 5.76. The van der Waals surface area contributed by atoms with Gasteiger partial charge in [0.15, 0.2) is 0 Å². The second-order valence-electron chi connectivity index (χ2n) is 4.70. The molecule has 0 aliphatic rings. The Morgan fingerprint density at radius 1 is 1.37 bits per heavy atom. The van der Waals surface area contributed by atoms with Crippen molar-refractivity contribution in [1.29, 1.82) is 0 Å². The molecule has 0 aromatic carbocycles. The van der Waals surface area contributed by atoms with Crippen LogP contribution in [-0.2, 0) is 25.3 Å². The Labute approximate surface area is 123 Å². The minimum atomic E-state index is 0.508. The first-order chi connectivity index (χ1) is 9.15. The van der Waals surface area contributed by atoms with Crippen molar-refractivity contribution in [2.24, 2.45) is 0 Å². The Morgan fingerprint density at radius 2 is 2.16 bits per heavy atom. The zero-order chi connectivity index (χ0) is 13.8. The molecular formula is C14H20ClN3S. The number of thiazole rings is 1. The number of rotatable bonds is 6. The van der Waals surface area contributed by atoms with E-state index in [4.69, 9.17) is 11.6 Å². The Morgan fingerprint density at radius 3 is 2.74 bits per heavy atom. The summed E-state index contributed by atoms with van der Waals surface area (Å²) in [6, 6.07) is 0. The van der Waals surface area contributed by atoms with Gasteiger partial charge >= 0.3 is 0 Å². The van der Waals surface area contributed by atoms with Crippen LogP contribution in [0, 0.1) is 13.8 Å². The molecule has 5 heteroatoms. The van der Waals surface area contributed by atoms with Gasteiger partial charge in [0.25, 0.3) is 0 Å². The van der Waals surface area contributed by atoms with E-state index in [9.17, 15) is 0 Å². The average molecular weight is 298 g/mol. The van der Waals surface area contributed by atoms with Gasteiger partial charge in [-0.15, -0.1) is 22.9 Å². The number of halogens is 1. The molecule has 2 heterocycles. The molecule has 0 radical (unpaired) electrons. The predicted octanol–water partition coefficient (Wildman–Crippen LogP) is 3.89. The highest BCUT2D eigenvalue weighted by Gasteiger charge is 2.09. The third kappa shape index (κ3) is 3.37. The monoisotopic (exact) mass is 297 g/mol. The van der Waals surface area contributed by atoms with Crippen LogP contribution in [0.5, 0.6) is 0 Å². The molecule has 0 spiro atoms. The summed E-state index contributed by atoms with van der Waals surface area (Å²) in [6.45, 7) is 7.40. The van der Waals surface area contributed by atoms with Crippen LogP contribution in [0.25, 0.3) is 0 Å². The predicted molar refractivity (Wildman–Crippen MR) is 81.1 cm³/mol. The molecule has 2 rings (SSSR count). The van der Waals surface area contributed by atoms with Crippen LogP contribution in [0.1, 0.15) is 41.0 Å². The van der Waals surface area contributed by atoms with Crippen molar-refractivity contribution >= 4 is 22.9 Å². The molecule has 0 bridgehead atoms. The fourth-order valence-corrected chi connectivity index (χ4v) is 3.44. The smallest absolute Gasteiger partial charge is 0.0929 e. The van der Waals surface area contributed by atoms with Crippen LogP contribution in [0.2, 0.25) is 0 Å². The van der Waals surface area contributed by atoms with Gasteiger partial charge in [-0.25, -0.2) is 4.98 Å². The molecule has 2 aromatic rings. The van der Waals surface area contributed by atoms with Crippen molar-refractivity contribution in [2.75, 3.05) is 0 Å². The summed E-state index contributed by atoms with van der Waals surface area (Å²) in [5, 5.41) is 7.83. The molecule has 2 aromatic heterocycles. The molecule has 0 atom stereocenters. The zero-order valence-electron chi connectivity index (χ0n) is 11.7. The first-order valence-electron chi connectivity index (χ1n) is 6.67. The van der Waals surface area contributed by atoms with Crippen LogP contribution in [-0.4, -0.2) is 14.8 Å². The standard InChI is InChI=1S/C14H20ClN3S/c1-4-13-10(2)17-18(11(13)3)7-5-6-14-16-12(8-15)9-19-14/h9H,4-8H2,1-3H3. The first-order valence-corrected chi connectivity index (χ1v) is 8.09. The zero-order valence-corrected chi connectivity index (χ0v) is 13.3. The second kappa shape index (κ2) is 6.53. The van der Waals surface area contributed by atoms with Crippen LogP contribution in [0.3, 0.4) is 0 Å². The minimum absolute atomic E-state index is 0.508. The highest BCUT2D eigenvalue weighted by Crippen LogP contribution is 2.16. The number of alkyl halides is 1. The summed E-state index contributed by atoms with van der Waals surface area (Å²) in [6.07, 6.45) is 3.13. The Balaban J connectivity index is 1.92. The van der Waals surface area contributed by atoms with E-state index in [2.05, 4.69) is 35.5 Å². The van der Waals surface area contributed by atoms with Crippen LogP contribution < -0.4 is 0 Å². The Kier molecular flexibility index (Phi) is 4.99. The summed E-state index contributed by atoms with van der Waals surface area (Å²) < 4.78 is 2.13. The molecule has 0 aliphatic carbocycles.